The molecule has 0 spiro atoms. The van der Waals surface area contributed by atoms with E-state index in [2.05, 4.69) is 20.5 Å². The molecule has 170 valence electrons. The fourth-order valence-corrected chi connectivity index (χ4v) is 3.75. The molecular weight excluding hydrogens is 454 g/mol. The number of nitrogens with one attached hydrogen (secondary N) is 1. The molecule has 2 aromatic heterocycles. The molecule has 0 radical (unpaired) electrons. The van der Waals surface area contributed by atoms with Crippen LogP contribution in [0.4, 0.5) is 5.82 Å². The number of para-hydroxylation sites is 1. The predicted molar refractivity (Wildman–Crippen MR) is 130 cm³/mol. The van der Waals surface area contributed by atoms with Gasteiger partial charge in [-0.1, -0.05) is 29.8 Å². The van der Waals surface area contributed by atoms with Gasteiger partial charge in [-0.3, -0.25) is 0 Å². The van der Waals surface area contributed by atoms with Gasteiger partial charge < -0.3 is 19.2 Å². The molecule has 0 bridgehead atoms. The van der Waals surface area contributed by atoms with Crippen LogP contribution < -0.4 is 14.8 Å². The first-order chi connectivity index (χ1) is 16.6. The van der Waals surface area contributed by atoms with Crippen LogP contribution in [-0.4, -0.2) is 34.4 Å². The van der Waals surface area contributed by atoms with E-state index in [1.54, 1.807) is 26.4 Å². The minimum Gasteiger partial charge on any atom is -0.497 e. The topological polar surface area (TPSA) is 95.2 Å². The number of halogens is 1. The smallest absolute Gasteiger partial charge is 0.286 e. The van der Waals surface area contributed by atoms with E-state index in [9.17, 15) is 0 Å². The largest absolute Gasteiger partial charge is 0.497 e. The number of methoxy groups -OCH3 is 2. The molecule has 0 saturated carbocycles. The van der Waals surface area contributed by atoms with Gasteiger partial charge in [-0.2, -0.15) is 0 Å². The lowest BCUT2D eigenvalue weighted by atomic mass is 10.1. The number of benzene rings is 3. The predicted octanol–water partition coefficient (Wildman–Crippen LogP) is 5.63. The zero-order valence-electron chi connectivity index (χ0n) is 18.4. The van der Waals surface area contributed by atoms with Crippen LogP contribution in [0.1, 0.15) is 5.56 Å². The third-order valence-electron chi connectivity index (χ3n) is 5.22. The molecule has 8 nitrogen and oxygen atoms in total. The van der Waals surface area contributed by atoms with Gasteiger partial charge in [0.05, 0.1) is 19.7 Å². The second-order valence-corrected chi connectivity index (χ2v) is 7.80. The molecule has 1 N–H and O–H groups in total. The van der Waals surface area contributed by atoms with Crippen molar-refractivity contribution in [2.24, 2.45) is 0 Å². The van der Waals surface area contributed by atoms with E-state index >= 15 is 0 Å². The third-order valence-corrected chi connectivity index (χ3v) is 5.46. The first kappa shape index (κ1) is 21.7. The molecule has 2 heterocycles. The van der Waals surface area contributed by atoms with Gasteiger partial charge in [-0.05, 0) is 48.5 Å². The van der Waals surface area contributed by atoms with Crippen molar-refractivity contribution in [3.63, 3.8) is 0 Å². The van der Waals surface area contributed by atoms with Crippen molar-refractivity contribution in [2.45, 2.75) is 6.54 Å². The molecule has 9 heteroatoms. The van der Waals surface area contributed by atoms with Crippen molar-refractivity contribution in [2.75, 3.05) is 19.5 Å². The number of ether oxygens (including phenoxy) is 2. The number of rotatable bonds is 7. The van der Waals surface area contributed by atoms with Crippen molar-refractivity contribution in [1.29, 1.82) is 0 Å². The number of anilines is 1. The highest BCUT2D eigenvalue weighted by Crippen LogP contribution is 2.29. The van der Waals surface area contributed by atoms with Crippen LogP contribution in [-0.2, 0) is 6.54 Å². The maximum atomic E-state index is 6.09. The van der Waals surface area contributed by atoms with Crippen LogP contribution in [0.3, 0.4) is 0 Å². The van der Waals surface area contributed by atoms with E-state index in [1.807, 2.05) is 54.6 Å². The monoisotopic (exact) mass is 473 g/mol. The molecule has 0 aliphatic rings. The van der Waals surface area contributed by atoms with Crippen molar-refractivity contribution >= 4 is 28.3 Å². The molecule has 0 aliphatic carbocycles. The van der Waals surface area contributed by atoms with Gasteiger partial charge in [0, 0.05) is 28.1 Å². The van der Waals surface area contributed by atoms with Crippen LogP contribution in [0.25, 0.3) is 34.1 Å². The number of nitrogens with zero attached hydrogens (tertiary/aromatic N) is 4. The maximum absolute atomic E-state index is 6.09. The van der Waals surface area contributed by atoms with Crippen molar-refractivity contribution in [3.8, 4) is 34.7 Å². The number of hydrogen-bond acceptors (Lipinski definition) is 8. The Labute approximate surface area is 200 Å². The van der Waals surface area contributed by atoms with Gasteiger partial charge in [0.1, 0.15) is 17.3 Å². The molecule has 0 saturated heterocycles. The van der Waals surface area contributed by atoms with E-state index < -0.39 is 0 Å². The summed E-state index contributed by atoms with van der Waals surface area (Å²) in [6.45, 7) is 0.457. The Morgan fingerprint density at radius 3 is 2.56 bits per heavy atom. The van der Waals surface area contributed by atoms with E-state index in [0.717, 1.165) is 33.5 Å². The van der Waals surface area contributed by atoms with Crippen molar-refractivity contribution in [3.05, 3.63) is 77.3 Å². The first-order valence-corrected chi connectivity index (χ1v) is 10.8. The Balaban J connectivity index is 1.50. The lowest BCUT2D eigenvalue weighted by molar-refractivity contribution is 0.399. The average Bonchev–Trinajstić information content (AvgIpc) is 3.37. The van der Waals surface area contributed by atoms with Gasteiger partial charge in [0.2, 0.25) is 11.7 Å². The van der Waals surface area contributed by atoms with Gasteiger partial charge in [0.15, 0.2) is 0 Å². The van der Waals surface area contributed by atoms with Gasteiger partial charge in [-0.25, -0.2) is 9.97 Å². The summed E-state index contributed by atoms with van der Waals surface area (Å²) in [7, 11) is 3.27. The SMILES string of the molecule is COc1ccc(OC)c(CNc2nc(-c3nnc(-c4cccc(Cl)c4)o3)nc3ccccc23)c1. The lowest BCUT2D eigenvalue weighted by Crippen LogP contribution is -2.06. The quantitative estimate of drug-likeness (QED) is 0.325. The average molecular weight is 474 g/mol. The number of fused-ring (bicyclic) bond motifs is 1. The fourth-order valence-electron chi connectivity index (χ4n) is 3.56. The summed E-state index contributed by atoms with van der Waals surface area (Å²) in [5.41, 5.74) is 2.39. The van der Waals surface area contributed by atoms with Crippen LogP contribution in [0, 0.1) is 0 Å². The van der Waals surface area contributed by atoms with Gasteiger partial charge in [0.25, 0.3) is 5.89 Å². The van der Waals surface area contributed by atoms with E-state index in [1.165, 1.54) is 0 Å². The number of hydrogen-bond donors (Lipinski definition) is 1. The van der Waals surface area contributed by atoms with Gasteiger partial charge >= 0.3 is 0 Å². The summed E-state index contributed by atoms with van der Waals surface area (Å²) in [5.74, 6) is 2.99. The summed E-state index contributed by atoms with van der Waals surface area (Å²) in [5, 5.41) is 13.1. The van der Waals surface area contributed by atoms with E-state index in [0.29, 0.717) is 29.1 Å². The van der Waals surface area contributed by atoms with Crippen LogP contribution in [0.5, 0.6) is 11.5 Å². The number of aromatic nitrogens is 4. The Hall–Kier alpha value is -4.17. The Bertz CT molecular complexity index is 1470. The highest BCUT2D eigenvalue weighted by atomic mass is 35.5. The molecule has 0 atom stereocenters. The first-order valence-electron chi connectivity index (χ1n) is 10.5. The summed E-state index contributed by atoms with van der Waals surface area (Å²) in [6.07, 6.45) is 0. The zero-order valence-corrected chi connectivity index (χ0v) is 19.2. The minimum absolute atomic E-state index is 0.211. The molecule has 0 unspecified atom stereocenters. The molecule has 3 aromatic carbocycles. The highest BCUT2D eigenvalue weighted by molar-refractivity contribution is 6.30. The molecule has 5 rings (SSSR count). The molecular formula is C25H20ClN5O3. The summed E-state index contributed by atoms with van der Waals surface area (Å²) < 4.78 is 16.7. The van der Waals surface area contributed by atoms with Crippen molar-refractivity contribution in [1.82, 2.24) is 20.2 Å². The lowest BCUT2D eigenvalue weighted by Gasteiger charge is -2.13. The van der Waals surface area contributed by atoms with Crippen LogP contribution in [0.2, 0.25) is 5.02 Å². The third kappa shape index (κ3) is 4.35. The summed E-state index contributed by atoms with van der Waals surface area (Å²) in [4.78, 5) is 9.32. The molecule has 0 aliphatic heterocycles. The van der Waals surface area contributed by atoms with E-state index in [4.69, 9.17) is 30.5 Å². The minimum atomic E-state index is 0.211. The Kier molecular flexibility index (Phi) is 5.97. The second-order valence-electron chi connectivity index (χ2n) is 7.37. The Morgan fingerprint density at radius 2 is 1.74 bits per heavy atom. The standard InChI is InChI=1S/C25H20ClN5O3/c1-32-18-10-11-21(33-2)16(13-18)14-27-22-19-8-3-4-9-20(19)28-23(29-22)25-31-30-24(34-25)15-6-5-7-17(26)12-15/h3-13H,14H2,1-2H3,(H,27,28,29). The molecule has 5 aromatic rings. The van der Waals surface area contributed by atoms with Crippen LogP contribution in [0.15, 0.2) is 71.1 Å². The van der Waals surface area contributed by atoms with Crippen molar-refractivity contribution < 1.29 is 13.9 Å². The molecule has 0 amide bonds. The maximum Gasteiger partial charge on any atom is 0.286 e. The van der Waals surface area contributed by atoms with Crippen LogP contribution >= 0.6 is 11.6 Å². The molecule has 34 heavy (non-hydrogen) atoms. The molecule has 0 fully saturated rings. The van der Waals surface area contributed by atoms with Gasteiger partial charge in [-0.15, -0.1) is 10.2 Å². The zero-order chi connectivity index (χ0) is 23.5. The Morgan fingerprint density at radius 1 is 0.882 bits per heavy atom. The fraction of sp³-hybridized carbons (Fsp3) is 0.120. The van der Waals surface area contributed by atoms with E-state index in [-0.39, 0.29) is 5.89 Å². The second kappa shape index (κ2) is 9.36. The normalized spacial score (nSPS) is 10.9. The summed E-state index contributed by atoms with van der Waals surface area (Å²) in [6, 6.07) is 20.6. The highest BCUT2D eigenvalue weighted by Gasteiger charge is 2.17. The summed E-state index contributed by atoms with van der Waals surface area (Å²) >= 11 is 6.09.